The molecule has 220 valence electrons. The molecule has 0 aromatic heterocycles. The summed E-state index contributed by atoms with van der Waals surface area (Å²) in [6.45, 7) is 20.5. The Labute approximate surface area is 260 Å². The molecule has 2 heteroatoms. The molecule has 3 aromatic rings. The van der Waals surface area contributed by atoms with Crippen molar-refractivity contribution in [2.75, 3.05) is 9.80 Å². The minimum Gasteiger partial charge on any atom is -0.319 e. The molecule has 43 heavy (non-hydrogen) atoms. The molecule has 0 heterocycles. The number of benzene rings is 3. The van der Waals surface area contributed by atoms with Crippen LogP contribution in [0.5, 0.6) is 0 Å². The van der Waals surface area contributed by atoms with Crippen LogP contribution in [0.1, 0.15) is 48.0 Å². The standard InChI is InChI=1S/C41H46N2/c1-9-15-19-33(8)42(32(7)16-10-2)40-28-24-36(25-29-40)34-20-22-35(23-21-34)37-26-30-41(31-27-37)43(38(13-5)17-11-3)39(14-6)18-12-4/h9-10,12-31H,2,5,11H2,1,3-4,6-8H3/b15-9-,18-12-,32-16+,33-19+,38-17+,39-14+. The molecule has 0 spiro atoms. The van der Waals surface area contributed by atoms with Gasteiger partial charge in [-0.05, 0) is 112 Å². The number of rotatable bonds is 13. The molecule has 0 N–H and O–H groups in total. The van der Waals surface area contributed by atoms with Gasteiger partial charge in [0, 0.05) is 34.2 Å². The van der Waals surface area contributed by atoms with Crippen LogP contribution in [-0.4, -0.2) is 0 Å². The molecule has 0 saturated heterocycles. The quantitative estimate of drug-likeness (QED) is 0.190. The van der Waals surface area contributed by atoms with Crippen molar-refractivity contribution >= 4 is 11.4 Å². The maximum atomic E-state index is 4.07. The van der Waals surface area contributed by atoms with Crippen molar-refractivity contribution in [2.24, 2.45) is 0 Å². The fourth-order valence-electron chi connectivity index (χ4n) is 5.09. The molecule has 3 aromatic carbocycles. The second kappa shape index (κ2) is 16.6. The molecule has 0 saturated carbocycles. The molecular formula is C41H46N2. The fraction of sp³-hybridized carbons (Fsp3) is 0.171. The number of allylic oxidation sites excluding steroid dienone is 12. The molecule has 3 rings (SSSR count). The van der Waals surface area contributed by atoms with E-state index in [1.165, 1.54) is 22.3 Å². The van der Waals surface area contributed by atoms with E-state index < -0.39 is 0 Å². The van der Waals surface area contributed by atoms with Crippen LogP contribution in [0.3, 0.4) is 0 Å². The van der Waals surface area contributed by atoms with Gasteiger partial charge in [0.2, 0.25) is 0 Å². The van der Waals surface area contributed by atoms with Crippen molar-refractivity contribution in [1.82, 2.24) is 0 Å². The van der Waals surface area contributed by atoms with Crippen LogP contribution in [0, 0.1) is 0 Å². The molecule has 0 aliphatic carbocycles. The highest BCUT2D eigenvalue weighted by atomic mass is 15.2. The van der Waals surface area contributed by atoms with Crippen LogP contribution in [0.2, 0.25) is 0 Å². The van der Waals surface area contributed by atoms with Crippen LogP contribution in [0.15, 0.2) is 170 Å². The van der Waals surface area contributed by atoms with E-state index in [-0.39, 0.29) is 0 Å². The van der Waals surface area contributed by atoms with E-state index in [1.807, 2.05) is 38.2 Å². The summed E-state index contributed by atoms with van der Waals surface area (Å²) in [5, 5.41) is 0. The molecule has 2 nitrogen and oxygen atoms in total. The summed E-state index contributed by atoms with van der Waals surface area (Å²) >= 11 is 0. The fourth-order valence-corrected chi connectivity index (χ4v) is 5.09. The Hall–Kier alpha value is -4.82. The van der Waals surface area contributed by atoms with E-state index >= 15 is 0 Å². The first kappa shape index (κ1) is 32.7. The Morgan fingerprint density at radius 2 is 1.09 bits per heavy atom. The predicted molar refractivity (Wildman–Crippen MR) is 192 cm³/mol. The summed E-state index contributed by atoms with van der Waals surface area (Å²) in [5.74, 6) is 0. The SMILES string of the molecule is C=C/C=C(\C)N(/C(C)=C/C=C\C)c1ccc(-c2ccc(-c3ccc(N(/C(C=C)=C/CC)C(/C=C\C)=C/C)cc3)cc2)cc1. The number of anilines is 2. The third kappa shape index (κ3) is 8.36. The lowest BCUT2D eigenvalue weighted by atomic mass is 9.99. The first-order valence-electron chi connectivity index (χ1n) is 15.0. The Morgan fingerprint density at radius 3 is 1.49 bits per heavy atom. The van der Waals surface area contributed by atoms with Gasteiger partial charge in [-0.2, -0.15) is 0 Å². The lowest BCUT2D eigenvalue weighted by molar-refractivity contribution is 1.06. The van der Waals surface area contributed by atoms with E-state index in [2.05, 4.69) is 160 Å². The van der Waals surface area contributed by atoms with Crippen molar-refractivity contribution in [2.45, 2.75) is 48.0 Å². The zero-order chi connectivity index (χ0) is 31.2. The van der Waals surface area contributed by atoms with Crippen molar-refractivity contribution in [1.29, 1.82) is 0 Å². The number of nitrogens with zero attached hydrogens (tertiary/aromatic N) is 2. The Balaban J connectivity index is 1.88. The van der Waals surface area contributed by atoms with Crippen molar-refractivity contribution in [3.05, 3.63) is 170 Å². The second-order valence-corrected chi connectivity index (χ2v) is 10.2. The van der Waals surface area contributed by atoms with Gasteiger partial charge in [0.25, 0.3) is 0 Å². The van der Waals surface area contributed by atoms with E-state index in [9.17, 15) is 0 Å². The zero-order valence-electron chi connectivity index (χ0n) is 26.7. The molecule has 0 aliphatic rings. The van der Waals surface area contributed by atoms with Crippen molar-refractivity contribution < 1.29 is 0 Å². The summed E-state index contributed by atoms with van der Waals surface area (Å²) in [6, 6.07) is 26.3. The zero-order valence-corrected chi connectivity index (χ0v) is 26.7. The summed E-state index contributed by atoms with van der Waals surface area (Å²) in [5.41, 5.74) is 11.4. The Morgan fingerprint density at radius 1 is 0.628 bits per heavy atom. The summed E-state index contributed by atoms with van der Waals surface area (Å²) in [6.07, 6.45) is 21.5. The van der Waals surface area contributed by atoms with Gasteiger partial charge in [-0.25, -0.2) is 0 Å². The van der Waals surface area contributed by atoms with Crippen LogP contribution in [-0.2, 0) is 0 Å². The van der Waals surface area contributed by atoms with Gasteiger partial charge in [0.1, 0.15) is 0 Å². The van der Waals surface area contributed by atoms with Crippen LogP contribution in [0.25, 0.3) is 22.3 Å². The van der Waals surface area contributed by atoms with Crippen molar-refractivity contribution in [3.8, 4) is 22.3 Å². The minimum atomic E-state index is 0.940. The average Bonchev–Trinajstić information content (AvgIpc) is 3.04. The van der Waals surface area contributed by atoms with Gasteiger partial charge in [-0.3, -0.25) is 0 Å². The molecule has 0 fully saturated rings. The normalized spacial score (nSPS) is 13.1. The highest BCUT2D eigenvalue weighted by molar-refractivity contribution is 5.74. The molecule has 0 atom stereocenters. The van der Waals surface area contributed by atoms with E-state index in [1.54, 1.807) is 0 Å². The maximum Gasteiger partial charge on any atom is 0.0461 e. The van der Waals surface area contributed by atoms with Crippen LogP contribution >= 0.6 is 0 Å². The summed E-state index contributed by atoms with van der Waals surface area (Å²) in [7, 11) is 0. The first-order valence-corrected chi connectivity index (χ1v) is 15.0. The van der Waals surface area contributed by atoms with Gasteiger partial charge in [-0.15, -0.1) is 0 Å². The lowest BCUT2D eigenvalue weighted by Crippen LogP contribution is -2.19. The van der Waals surface area contributed by atoms with E-state index in [0.717, 1.165) is 40.6 Å². The second-order valence-electron chi connectivity index (χ2n) is 10.2. The molecular weight excluding hydrogens is 520 g/mol. The summed E-state index contributed by atoms with van der Waals surface area (Å²) in [4.78, 5) is 4.49. The van der Waals surface area contributed by atoms with Crippen molar-refractivity contribution in [3.63, 3.8) is 0 Å². The monoisotopic (exact) mass is 566 g/mol. The highest BCUT2D eigenvalue weighted by Crippen LogP contribution is 2.32. The Kier molecular flexibility index (Phi) is 12.6. The molecule has 0 bridgehead atoms. The predicted octanol–water partition coefficient (Wildman–Crippen LogP) is 12.2. The highest BCUT2D eigenvalue weighted by Gasteiger charge is 2.14. The third-order valence-electron chi connectivity index (χ3n) is 7.17. The van der Waals surface area contributed by atoms with Gasteiger partial charge in [-0.1, -0.05) is 105 Å². The van der Waals surface area contributed by atoms with E-state index in [0.29, 0.717) is 0 Å². The summed E-state index contributed by atoms with van der Waals surface area (Å²) < 4.78 is 0. The average molecular weight is 567 g/mol. The van der Waals surface area contributed by atoms with E-state index in [4.69, 9.17) is 0 Å². The van der Waals surface area contributed by atoms with Gasteiger partial charge >= 0.3 is 0 Å². The Bertz CT molecular complexity index is 1540. The minimum absolute atomic E-state index is 0.940. The largest absolute Gasteiger partial charge is 0.319 e. The molecule has 0 amide bonds. The maximum absolute atomic E-state index is 4.07. The third-order valence-corrected chi connectivity index (χ3v) is 7.17. The van der Waals surface area contributed by atoms with Crippen LogP contribution < -0.4 is 9.80 Å². The first-order chi connectivity index (χ1) is 20.9. The molecule has 0 unspecified atom stereocenters. The lowest BCUT2D eigenvalue weighted by Gasteiger charge is -2.27. The molecule has 0 radical (unpaired) electrons. The topological polar surface area (TPSA) is 6.48 Å². The number of hydrogen-bond donors (Lipinski definition) is 0. The van der Waals surface area contributed by atoms with Gasteiger partial charge < -0.3 is 9.80 Å². The molecule has 0 aliphatic heterocycles. The van der Waals surface area contributed by atoms with Gasteiger partial charge in [0.15, 0.2) is 0 Å². The van der Waals surface area contributed by atoms with Crippen LogP contribution in [0.4, 0.5) is 11.4 Å². The number of hydrogen-bond acceptors (Lipinski definition) is 2. The van der Waals surface area contributed by atoms with Gasteiger partial charge in [0.05, 0.1) is 0 Å². The smallest absolute Gasteiger partial charge is 0.0461 e.